The zero-order valence-electron chi connectivity index (χ0n) is 12.5. The third kappa shape index (κ3) is 4.73. The third-order valence-corrected chi connectivity index (χ3v) is 3.94. The number of hydrogen-bond acceptors (Lipinski definition) is 3. The van der Waals surface area contributed by atoms with E-state index in [0.29, 0.717) is 30.5 Å². The molecule has 0 radical (unpaired) electrons. The molecule has 1 saturated carbocycles. The van der Waals surface area contributed by atoms with Crippen LogP contribution in [-0.4, -0.2) is 17.7 Å². The fraction of sp³-hybridized carbons (Fsp3) is 0.800. The van der Waals surface area contributed by atoms with Crippen molar-refractivity contribution in [1.82, 2.24) is 10.3 Å². The Morgan fingerprint density at radius 3 is 2.81 bits per heavy atom. The summed E-state index contributed by atoms with van der Waals surface area (Å²) in [6, 6.07) is 0. The molecule has 6 heteroatoms. The van der Waals surface area contributed by atoms with E-state index in [2.05, 4.69) is 24.1 Å². The maximum Gasteiger partial charge on any atom is 0.391 e. The van der Waals surface area contributed by atoms with Crippen LogP contribution in [0.3, 0.4) is 0 Å². The molecule has 21 heavy (non-hydrogen) atoms. The number of hydrogen-bond donors (Lipinski definition) is 1. The first-order valence-electron chi connectivity index (χ1n) is 7.58. The van der Waals surface area contributed by atoms with E-state index in [0.717, 1.165) is 13.0 Å². The third-order valence-electron chi connectivity index (χ3n) is 3.94. The van der Waals surface area contributed by atoms with Gasteiger partial charge in [0.05, 0.1) is 18.7 Å². The maximum atomic E-state index is 12.8. The maximum absolute atomic E-state index is 12.8. The molecular formula is C15H23F3N2O. The molecular weight excluding hydrogens is 281 g/mol. The highest BCUT2D eigenvalue weighted by atomic mass is 19.4. The molecule has 1 aliphatic rings. The Morgan fingerprint density at radius 2 is 2.14 bits per heavy atom. The Bertz CT molecular complexity index is 442. The molecule has 1 fully saturated rings. The summed E-state index contributed by atoms with van der Waals surface area (Å²) in [5.41, 5.74) is 0. The van der Waals surface area contributed by atoms with Crippen molar-refractivity contribution in [3.63, 3.8) is 0 Å². The molecule has 1 aromatic rings. The lowest BCUT2D eigenvalue weighted by Crippen LogP contribution is -2.27. The molecule has 0 amide bonds. The SMILES string of the molecule is CC(C)CNCc1ncc(C2CCCC(C(F)(F)F)C2)o1. The Kier molecular flexibility index (Phi) is 5.30. The number of nitrogens with zero attached hydrogens (tertiary/aromatic N) is 1. The quantitative estimate of drug-likeness (QED) is 0.883. The first-order valence-corrected chi connectivity index (χ1v) is 7.58. The minimum absolute atomic E-state index is 0.123. The van der Waals surface area contributed by atoms with Gasteiger partial charge < -0.3 is 9.73 Å². The van der Waals surface area contributed by atoms with Crippen LogP contribution in [0.2, 0.25) is 0 Å². The van der Waals surface area contributed by atoms with Crippen molar-refractivity contribution in [3.8, 4) is 0 Å². The first kappa shape index (κ1) is 16.3. The van der Waals surface area contributed by atoms with Crippen LogP contribution in [0.15, 0.2) is 10.6 Å². The number of aromatic nitrogens is 1. The molecule has 0 spiro atoms. The fourth-order valence-electron chi connectivity index (χ4n) is 2.81. The summed E-state index contributed by atoms with van der Waals surface area (Å²) in [7, 11) is 0. The lowest BCUT2D eigenvalue weighted by molar-refractivity contribution is -0.183. The Balaban J connectivity index is 1.91. The molecule has 0 aliphatic heterocycles. The molecule has 120 valence electrons. The van der Waals surface area contributed by atoms with Gasteiger partial charge in [-0.3, -0.25) is 0 Å². The van der Waals surface area contributed by atoms with Gasteiger partial charge in [-0.2, -0.15) is 13.2 Å². The van der Waals surface area contributed by atoms with Crippen LogP contribution < -0.4 is 5.32 Å². The summed E-state index contributed by atoms with van der Waals surface area (Å²) < 4.78 is 44.1. The summed E-state index contributed by atoms with van der Waals surface area (Å²) in [5, 5.41) is 3.21. The van der Waals surface area contributed by atoms with E-state index >= 15 is 0 Å². The van der Waals surface area contributed by atoms with Gasteiger partial charge in [-0.25, -0.2) is 4.98 Å². The summed E-state index contributed by atoms with van der Waals surface area (Å²) in [5.74, 6) is 0.330. The Morgan fingerprint density at radius 1 is 1.38 bits per heavy atom. The van der Waals surface area contributed by atoms with E-state index < -0.39 is 12.1 Å². The molecule has 0 saturated heterocycles. The zero-order chi connectivity index (χ0) is 15.5. The number of alkyl halides is 3. The van der Waals surface area contributed by atoms with Crippen molar-refractivity contribution >= 4 is 0 Å². The van der Waals surface area contributed by atoms with Gasteiger partial charge >= 0.3 is 6.18 Å². The molecule has 2 atom stereocenters. The minimum atomic E-state index is -4.10. The van der Waals surface area contributed by atoms with Crippen LogP contribution >= 0.6 is 0 Å². The van der Waals surface area contributed by atoms with Crippen molar-refractivity contribution < 1.29 is 17.6 Å². The molecule has 1 aliphatic carbocycles. The highest BCUT2D eigenvalue weighted by molar-refractivity contribution is 5.04. The van der Waals surface area contributed by atoms with E-state index in [1.807, 2.05) is 0 Å². The lowest BCUT2D eigenvalue weighted by atomic mass is 9.80. The van der Waals surface area contributed by atoms with Crippen LogP contribution in [0.4, 0.5) is 13.2 Å². The normalized spacial score (nSPS) is 23.7. The molecule has 1 N–H and O–H groups in total. The first-order chi connectivity index (χ1) is 9.86. The van der Waals surface area contributed by atoms with Gasteiger partial charge in [-0.1, -0.05) is 20.3 Å². The van der Waals surface area contributed by atoms with Gasteiger partial charge in [-0.15, -0.1) is 0 Å². The summed E-state index contributed by atoms with van der Waals surface area (Å²) >= 11 is 0. The van der Waals surface area contributed by atoms with Crippen molar-refractivity contribution in [2.75, 3.05) is 6.54 Å². The highest BCUT2D eigenvalue weighted by Crippen LogP contribution is 2.43. The molecule has 2 rings (SSSR count). The highest BCUT2D eigenvalue weighted by Gasteiger charge is 2.43. The van der Waals surface area contributed by atoms with Crippen LogP contribution in [0, 0.1) is 11.8 Å². The van der Waals surface area contributed by atoms with Crippen LogP contribution in [-0.2, 0) is 6.54 Å². The van der Waals surface area contributed by atoms with Crippen molar-refractivity contribution in [3.05, 3.63) is 17.8 Å². The Hall–Kier alpha value is -1.04. The number of rotatable bonds is 5. The topological polar surface area (TPSA) is 38.1 Å². The van der Waals surface area contributed by atoms with Crippen molar-refractivity contribution in [2.45, 2.75) is 58.2 Å². The second-order valence-corrected chi connectivity index (χ2v) is 6.28. The summed E-state index contributed by atoms with van der Waals surface area (Å²) in [4.78, 5) is 4.17. The standard InChI is InChI=1S/C15H23F3N2O/c1-10(2)7-19-9-14-20-8-13(21-14)11-4-3-5-12(6-11)15(16,17)18/h8,10-12,19H,3-7,9H2,1-2H3. The second-order valence-electron chi connectivity index (χ2n) is 6.28. The predicted octanol–water partition coefficient (Wildman–Crippen LogP) is 4.26. The van der Waals surface area contributed by atoms with E-state index in [4.69, 9.17) is 4.42 Å². The molecule has 1 heterocycles. The largest absolute Gasteiger partial charge is 0.444 e. The monoisotopic (exact) mass is 304 g/mol. The summed E-state index contributed by atoms with van der Waals surface area (Å²) in [6.45, 7) is 5.59. The van der Waals surface area contributed by atoms with Gasteiger partial charge in [0.2, 0.25) is 5.89 Å². The minimum Gasteiger partial charge on any atom is -0.444 e. The van der Waals surface area contributed by atoms with Crippen LogP contribution in [0.25, 0.3) is 0 Å². The lowest BCUT2D eigenvalue weighted by Gasteiger charge is -2.29. The number of nitrogens with one attached hydrogen (secondary N) is 1. The molecule has 0 aromatic carbocycles. The average molecular weight is 304 g/mol. The second kappa shape index (κ2) is 6.81. The molecule has 2 unspecified atom stereocenters. The fourth-order valence-corrected chi connectivity index (χ4v) is 2.81. The number of oxazole rings is 1. The van der Waals surface area contributed by atoms with Gasteiger partial charge in [0, 0.05) is 5.92 Å². The molecule has 1 aromatic heterocycles. The zero-order valence-corrected chi connectivity index (χ0v) is 12.5. The summed E-state index contributed by atoms with van der Waals surface area (Å²) in [6.07, 6.45) is -0.804. The van der Waals surface area contributed by atoms with E-state index in [1.165, 1.54) is 0 Å². The average Bonchev–Trinajstić information content (AvgIpc) is 2.86. The Labute approximate surface area is 123 Å². The van der Waals surface area contributed by atoms with E-state index in [-0.39, 0.29) is 18.8 Å². The van der Waals surface area contributed by atoms with Crippen molar-refractivity contribution in [2.24, 2.45) is 11.8 Å². The number of halogens is 3. The molecule has 3 nitrogen and oxygen atoms in total. The van der Waals surface area contributed by atoms with Gasteiger partial charge in [0.1, 0.15) is 5.76 Å². The van der Waals surface area contributed by atoms with Crippen LogP contribution in [0.1, 0.15) is 57.1 Å². The van der Waals surface area contributed by atoms with E-state index in [1.54, 1.807) is 6.20 Å². The smallest absolute Gasteiger partial charge is 0.391 e. The van der Waals surface area contributed by atoms with Gasteiger partial charge in [-0.05, 0) is 31.7 Å². The van der Waals surface area contributed by atoms with Crippen molar-refractivity contribution in [1.29, 1.82) is 0 Å². The predicted molar refractivity (Wildman–Crippen MR) is 73.8 cm³/mol. The molecule has 0 bridgehead atoms. The van der Waals surface area contributed by atoms with Gasteiger partial charge in [0.25, 0.3) is 0 Å². The van der Waals surface area contributed by atoms with E-state index in [9.17, 15) is 13.2 Å². The van der Waals surface area contributed by atoms with Crippen LogP contribution in [0.5, 0.6) is 0 Å². The van der Waals surface area contributed by atoms with Gasteiger partial charge in [0.15, 0.2) is 0 Å².